The third-order valence-electron chi connectivity index (χ3n) is 3.25. The van der Waals surface area contributed by atoms with Gasteiger partial charge in [-0.2, -0.15) is 5.26 Å². The van der Waals surface area contributed by atoms with E-state index in [2.05, 4.69) is 24.4 Å². The fraction of sp³-hybridized carbons (Fsp3) is 0.615. The van der Waals surface area contributed by atoms with Crippen LogP contribution in [0, 0.1) is 11.3 Å². The Morgan fingerprint density at radius 2 is 2.12 bits per heavy atom. The van der Waals surface area contributed by atoms with Gasteiger partial charge in [-0.05, 0) is 31.9 Å². The fourth-order valence-corrected chi connectivity index (χ4v) is 3.17. The predicted octanol–water partition coefficient (Wildman–Crippen LogP) is 3.60. The average Bonchev–Trinajstić information content (AvgIpc) is 2.79. The van der Waals surface area contributed by atoms with Gasteiger partial charge in [-0.15, -0.1) is 11.3 Å². The lowest BCUT2D eigenvalue weighted by molar-refractivity contribution is 0.348. The number of nitrogens with zero attached hydrogens (tertiary/aromatic N) is 1. The summed E-state index contributed by atoms with van der Waals surface area (Å²) < 4.78 is 0. The zero-order valence-electron chi connectivity index (χ0n) is 9.70. The molecule has 1 aromatic rings. The van der Waals surface area contributed by atoms with Gasteiger partial charge < -0.3 is 5.32 Å². The Morgan fingerprint density at radius 3 is 2.75 bits per heavy atom. The molecule has 2 nitrogen and oxygen atoms in total. The molecule has 16 heavy (non-hydrogen) atoms. The van der Waals surface area contributed by atoms with Gasteiger partial charge in [0, 0.05) is 17.0 Å². The van der Waals surface area contributed by atoms with Gasteiger partial charge in [0.2, 0.25) is 0 Å². The van der Waals surface area contributed by atoms with Gasteiger partial charge in [-0.25, -0.2) is 0 Å². The van der Waals surface area contributed by atoms with Crippen LogP contribution in [0.5, 0.6) is 0 Å². The van der Waals surface area contributed by atoms with E-state index < -0.39 is 0 Å². The van der Waals surface area contributed by atoms with E-state index in [0.29, 0.717) is 12.1 Å². The van der Waals surface area contributed by atoms with E-state index in [0.717, 1.165) is 4.88 Å². The van der Waals surface area contributed by atoms with E-state index in [9.17, 15) is 0 Å². The highest BCUT2D eigenvalue weighted by atomic mass is 32.1. The van der Waals surface area contributed by atoms with Crippen LogP contribution in [0.2, 0.25) is 0 Å². The molecule has 1 aliphatic carbocycles. The molecule has 1 N–H and O–H groups in total. The molecule has 0 saturated heterocycles. The van der Waals surface area contributed by atoms with Crippen LogP contribution < -0.4 is 5.32 Å². The van der Waals surface area contributed by atoms with E-state index >= 15 is 0 Å². The Bertz CT molecular complexity index is 372. The zero-order chi connectivity index (χ0) is 11.4. The van der Waals surface area contributed by atoms with Crippen molar-refractivity contribution in [1.29, 1.82) is 5.26 Å². The number of rotatable bonds is 3. The molecule has 1 heterocycles. The van der Waals surface area contributed by atoms with Crippen molar-refractivity contribution >= 4 is 11.3 Å². The van der Waals surface area contributed by atoms with Gasteiger partial charge in [0.05, 0.1) is 0 Å². The maximum atomic E-state index is 8.79. The molecular formula is C13H18N2S. The lowest BCUT2D eigenvalue weighted by atomic mass is 9.95. The summed E-state index contributed by atoms with van der Waals surface area (Å²) in [5.41, 5.74) is 0. The van der Waals surface area contributed by atoms with Crippen LogP contribution in [0.15, 0.2) is 12.1 Å². The molecule has 0 spiro atoms. The molecule has 2 rings (SSSR count). The first-order valence-electron chi connectivity index (χ1n) is 6.05. The molecule has 1 saturated carbocycles. The van der Waals surface area contributed by atoms with Crippen LogP contribution in [0.3, 0.4) is 0 Å². The molecule has 0 amide bonds. The summed E-state index contributed by atoms with van der Waals surface area (Å²) >= 11 is 1.61. The standard InChI is InChI=1S/C13H18N2S/c1-10(13-8-7-12(9-14)16-13)15-11-5-3-2-4-6-11/h7-8,10-11,15H,2-6H2,1H3. The van der Waals surface area contributed by atoms with Crippen molar-refractivity contribution in [2.24, 2.45) is 0 Å². The Hall–Kier alpha value is -0.850. The molecular weight excluding hydrogens is 216 g/mol. The number of hydrogen-bond acceptors (Lipinski definition) is 3. The highest BCUT2D eigenvalue weighted by Crippen LogP contribution is 2.25. The van der Waals surface area contributed by atoms with E-state index in [4.69, 9.17) is 5.26 Å². The minimum atomic E-state index is 0.384. The summed E-state index contributed by atoms with van der Waals surface area (Å²) in [6.07, 6.45) is 6.72. The van der Waals surface area contributed by atoms with Crippen LogP contribution in [-0.4, -0.2) is 6.04 Å². The quantitative estimate of drug-likeness (QED) is 0.867. The van der Waals surface area contributed by atoms with Crippen molar-refractivity contribution in [3.63, 3.8) is 0 Å². The van der Waals surface area contributed by atoms with Crippen LogP contribution in [0.25, 0.3) is 0 Å². The van der Waals surface area contributed by atoms with E-state index in [1.807, 2.05) is 6.07 Å². The number of thiophene rings is 1. The second-order valence-corrected chi connectivity index (χ2v) is 5.65. The molecule has 0 radical (unpaired) electrons. The van der Waals surface area contributed by atoms with E-state index in [-0.39, 0.29) is 0 Å². The number of nitrogens with one attached hydrogen (secondary N) is 1. The van der Waals surface area contributed by atoms with Gasteiger partial charge >= 0.3 is 0 Å². The zero-order valence-corrected chi connectivity index (χ0v) is 10.5. The second-order valence-electron chi connectivity index (χ2n) is 4.54. The Morgan fingerprint density at radius 1 is 1.38 bits per heavy atom. The highest BCUT2D eigenvalue weighted by Gasteiger charge is 2.17. The third-order valence-corrected chi connectivity index (χ3v) is 4.43. The molecule has 1 atom stereocenters. The normalized spacial score (nSPS) is 19.2. The third kappa shape index (κ3) is 2.84. The lowest BCUT2D eigenvalue weighted by Crippen LogP contribution is -2.32. The van der Waals surface area contributed by atoms with Crippen molar-refractivity contribution in [3.05, 3.63) is 21.9 Å². The van der Waals surface area contributed by atoms with Crippen LogP contribution >= 0.6 is 11.3 Å². The topological polar surface area (TPSA) is 35.8 Å². The van der Waals surface area contributed by atoms with Gasteiger partial charge in [-0.1, -0.05) is 19.3 Å². The SMILES string of the molecule is CC(NC1CCCCC1)c1ccc(C#N)s1. The summed E-state index contributed by atoms with van der Waals surface area (Å²) in [5.74, 6) is 0. The van der Waals surface area contributed by atoms with Crippen LogP contribution in [0.4, 0.5) is 0 Å². The van der Waals surface area contributed by atoms with Crippen molar-refractivity contribution < 1.29 is 0 Å². The molecule has 1 unspecified atom stereocenters. The van der Waals surface area contributed by atoms with Crippen molar-refractivity contribution in [1.82, 2.24) is 5.32 Å². The maximum absolute atomic E-state index is 8.79. The summed E-state index contributed by atoms with van der Waals surface area (Å²) in [6.45, 7) is 2.20. The molecule has 0 bridgehead atoms. The largest absolute Gasteiger partial charge is 0.307 e. The van der Waals surface area contributed by atoms with Gasteiger partial charge in [0.1, 0.15) is 10.9 Å². The predicted molar refractivity (Wildman–Crippen MR) is 67.5 cm³/mol. The number of hydrogen-bond donors (Lipinski definition) is 1. The minimum Gasteiger partial charge on any atom is -0.307 e. The van der Waals surface area contributed by atoms with Crippen LogP contribution in [0.1, 0.15) is 54.8 Å². The first-order chi connectivity index (χ1) is 7.79. The molecule has 86 valence electrons. The molecule has 1 aromatic heterocycles. The summed E-state index contributed by atoms with van der Waals surface area (Å²) in [7, 11) is 0. The van der Waals surface area contributed by atoms with E-state index in [1.165, 1.54) is 37.0 Å². The first kappa shape index (κ1) is 11.6. The first-order valence-corrected chi connectivity index (χ1v) is 6.87. The van der Waals surface area contributed by atoms with Gasteiger partial charge in [0.15, 0.2) is 0 Å². The molecule has 1 aliphatic rings. The molecule has 0 aromatic carbocycles. The monoisotopic (exact) mass is 234 g/mol. The summed E-state index contributed by atoms with van der Waals surface area (Å²) in [5, 5.41) is 12.5. The molecule has 0 aliphatic heterocycles. The van der Waals surface area contributed by atoms with Gasteiger partial charge in [-0.3, -0.25) is 0 Å². The van der Waals surface area contributed by atoms with Crippen molar-refractivity contribution in [2.75, 3.05) is 0 Å². The fourth-order valence-electron chi connectivity index (χ4n) is 2.35. The Kier molecular flexibility index (Phi) is 3.98. The molecule has 1 fully saturated rings. The lowest BCUT2D eigenvalue weighted by Gasteiger charge is -2.26. The average molecular weight is 234 g/mol. The van der Waals surface area contributed by atoms with Crippen molar-refractivity contribution in [3.8, 4) is 6.07 Å². The maximum Gasteiger partial charge on any atom is 0.110 e. The van der Waals surface area contributed by atoms with E-state index in [1.54, 1.807) is 11.3 Å². The highest BCUT2D eigenvalue weighted by molar-refractivity contribution is 7.12. The Balaban J connectivity index is 1.91. The van der Waals surface area contributed by atoms with Crippen molar-refractivity contribution in [2.45, 2.75) is 51.1 Å². The smallest absolute Gasteiger partial charge is 0.110 e. The number of nitriles is 1. The minimum absolute atomic E-state index is 0.384. The molecule has 3 heteroatoms. The summed E-state index contributed by atoms with van der Waals surface area (Å²) in [4.78, 5) is 2.09. The van der Waals surface area contributed by atoms with Gasteiger partial charge in [0.25, 0.3) is 0 Å². The summed E-state index contributed by atoms with van der Waals surface area (Å²) in [6, 6.07) is 7.25. The second kappa shape index (κ2) is 5.47. The Labute approximate surface area is 101 Å². The van der Waals surface area contributed by atoms with Crippen LogP contribution in [-0.2, 0) is 0 Å².